The topological polar surface area (TPSA) is 15.3 Å². The maximum Gasteiger partial charge on any atom is 0.128 e. The van der Waals surface area contributed by atoms with Crippen molar-refractivity contribution in [2.45, 2.75) is 6.04 Å². The summed E-state index contributed by atoms with van der Waals surface area (Å²) in [4.78, 5) is 3.42. The summed E-state index contributed by atoms with van der Waals surface area (Å²) in [5.74, 6) is -0.152. The van der Waals surface area contributed by atoms with E-state index in [1.807, 2.05) is 24.3 Å². The number of rotatable bonds is 3. The number of hydrogen-bond donors (Lipinski definition) is 1. The molecule has 6 heteroatoms. The minimum absolute atomic E-state index is 0. The molecule has 0 spiro atoms. The van der Waals surface area contributed by atoms with E-state index >= 15 is 0 Å². The Balaban J connectivity index is 0.00000161. The Kier molecular flexibility index (Phi) is 6.02. The summed E-state index contributed by atoms with van der Waals surface area (Å²) in [5.41, 5.74) is 0.730. The number of hydrogen-bond acceptors (Lipinski definition) is 3. The standard InChI is InChI=1S/C15H16ClFN2S.ClH/c16-14-6-5-13(20-14)15(19-9-7-18-8-10-19)11-3-1-2-4-12(11)17;/h1-6,15,18H,7-10H2;1H/t15-;/m1./s1. The summed E-state index contributed by atoms with van der Waals surface area (Å²) < 4.78 is 15.0. The van der Waals surface area contributed by atoms with Crippen molar-refractivity contribution in [1.82, 2.24) is 10.2 Å². The average Bonchev–Trinajstić information content (AvgIpc) is 2.89. The highest BCUT2D eigenvalue weighted by molar-refractivity contribution is 7.16. The van der Waals surface area contributed by atoms with Gasteiger partial charge in [0.2, 0.25) is 0 Å². The molecular formula is C15H17Cl2FN2S. The number of thiophene rings is 1. The van der Waals surface area contributed by atoms with Crippen LogP contribution >= 0.6 is 35.3 Å². The van der Waals surface area contributed by atoms with Crippen LogP contribution < -0.4 is 5.32 Å². The largest absolute Gasteiger partial charge is 0.314 e. The molecule has 1 aliphatic rings. The minimum Gasteiger partial charge on any atom is -0.314 e. The molecule has 0 unspecified atom stereocenters. The Bertz CT molecular complexity index is 585. The van der Waals surface area contributed by atoms with E-state index in [-0.39, 0.29) is 24.3 Å². The summed E-state index contributed by atoms with van der Waals surface area (Å²) in [6.07, 6.45) is 0. The SMILES string of the molecule is Cl.Fc1ccccc1[C@H](c1ccc(Cl)s1)N1CCNCC1. The Hall–Kier alpha value is -0.650. The van der Waals surface area contributed by atoms with Crippen LogP contribution in [-0.4, -0.2) is 31.1 Å². The third-order valence-corrected chi connectivity index (χ3v) is 4.86. The molecule has 0 bridgehead atoms. The van der Waals surface area contributed by atoms with Crippen LogP contribution in [0.1, 0.15) is 16.5 Å². The van der Waals surface area contributed by atoms with E-state index in [1.54, 1.807) is 6.07 Å². The Labute approximate surface area is 139 Å². The van der Waals surface area contributed by atoms with Gasteiger partial charge in [-0.15, -0.1) is 23.7 Å². The zero-order valence-electron chi connectivity index (χ0n) is 11.4. The summed E-state index contributed by atoms with van der Waals surface area (Å²) >= 11 is 7.59. The molecule has 0 amide bonds. The Morgan fingerprint density at radius 1 is 1.14 bits per heavy atom. The molecule has 3 rings (SSSR count). The lowest BCUT2D eigenvalue weighted by Crippen LogP contribution is -2.45. The lowest BCUT2D eigenvalue weighted by atomic mass is 10.0. The third kappa shape index (κ3) is 3.76. The molecule has 0 radical (unpaired) electrons. The van der Waals surface area contributed by atoms with E-state index < -0.39 is 0 Å². The van der Waals surface area contributed by atoms with Crippen LogP contribution in [0, 0.1) is 5.82 Å². The van der Waals surface area contributed by atoms with Crippen molar-refractivity contribution in [3.8, 4) is 0 Å². The number of nitrogens with zero attached hydrogens (tertiary/aromatic N) is 1. The van der Waals surface area contributed by atoms with Gasteiger partial charge in [0, 0.05) is 36.6 Å². The number of piperazine rings is 1. The molecule has 1 aromatic carbocycles. The van der Waals surface area contributed by atoms with Gasteiger partial charge in [0.05, 0.1) is 10.4 Å². The van der Waals surface area contributed by atoms with Crippen LogP contribution in [0.5, 0.6) is 0 Å². The molecule has 1 N–H and O–H groups in total. The zero-order chi connectivity index (χ0) is 13.9. The number of benzene rings is 1. The van der Waals surface area contributed by atoms with Crippen molar-refractivity contribution >= 4 is 35.3 Å². The molecule has 0 aliphatic carbocycles. The lowest BCUT2D eigenvalue weighted by Gasteiger charge is -2.34. The fourth-order valence-corrected chi connectivity index (χ4v) is 3.86. The lowest BCUT2D eigenvalue weighted by molar-refractivity contribution is 0.197. The number of nitrogens with one attached hydrogen (secondary N) is 1. The monoisotopic (exact) mass is 346 g/mol. The van der Waals surface area contributed by atoms with Gasteiger partial charge in [0.25, 0.3) is 0 Å². The molecule has 21 heavy (non-hydrogen) atoms. The van der Waals surface area contributed by atoms with Gasteiger partial charge in [-0.1, -0.05) is 29.8 Å². The maximum atomic E-state index is 14.2. The van der Waals surface area contributed by atoms with Crippen molar-refractivity contribution in [2.75, 3.05) is 26.2 Å². The quantitative estimate of drug-likeness (QED) is 0.904. The van der Waals surface area contributed by atoms with Crippen LogP contribution in [0.25, 0.3) is 0 Å². The van der Waals surface area contributed by atoms with Crippen molar-refractivity contribution in [2.24, 2.45) is 0 Å². The second-order valence-electron chi connectivity index (χ2n) is 4.85. The molecule has 1 aliphatic heterocycles. The van der Waals surface area contributed by atoms with Crippen molar-refractivity contribution < 1.29 is 4.39 Å². The van der Waals surface area contributed by atoms with Gasteiger partial charge in [-0.05, 0) is 18.2 Å². The maximum absolute atomic E-state index is 14.2. The molecule has 114 valence electrons. The van der Waals surface area contributed by atoms with Gasteiger partial charge < -0.3 is 5.32 Å². The second-order valence-corrected chi connectivity index (χ2v) is 6.60. The first-order valence-corrected chi connectivity index (χ1v) is 7.89. The molecule has 2 heterocycles. The smallest absolute Gasteiger partial charge is 0.128 e. The fraction of sp³-hybridized carbons (Fsp3) is 0.333. The first kappa shape index (κ1) is 16.7. The molecular weight excluding hydrogens is 330 g/mol. The van der Waals surface area contributed by atoms with Crippen LogP contribution in [-0.2, 0) is 0 Å². The molecule has 1 aromatic heterocycles. The first-order valence-electron chi connectivity index (χ1n) is 6.70. The average molecular weight is 347 g/mol. The Morgan fingerprint density at radius 3 is 2.48 bits per heavy atom. The zero-order valence-corrected chi connectivity index (χ0v) is 13.8. The van der Waals surface area contributed by atoms with E-state index in [9.17, 15) is 4.39 Å². The molecule has 1 atom stereocenters. The van der Waals surface area contributed by atoms with E-state index in [0.29, 0.717) is 0 Å². The van der Waals surface area contributed by atoms with E-state index in [4.69, 9.17) is 11.6 Å². The third-order valence-electron chi connectivity index (χ3n) is 3.58. The van der Waals surface area contributed by atoms with E-state index in [2.05, 4.69) is 10.2 Å². The van der Waals surface area contributed by atoms with Crippen molar-refractivity contribution in [1.29, 1.82) is 0 Å². The first-order chi connectivity index (χ1) is 9.75. The molecule has 2 aromatic rings. The summed E-state index contributed by atoms with van der Waals surface area (Å²) in [6, 6.07) is 10.9. The highest BCUT2D eigenvalue weighted by Gasteiger charge is 2.27. The summed E-state index contributed by atoms with van der Waals surface area (Å²) in [5, 5.41) is 3.33. The summed E-state index contributed by atoms with van der Waals surface area (Å²) in [6.45, 7) is 3.69. The van der Waals surface area contributed by atoms with Crippen LogP contribution in [0.15, 0.2) is 36.4 Å². The predicted octanol–water partition coefficient (Wildman–Crippen LogP) is 3.96. The molecule has 1 saturated heterocycles. The Morgan fingerprint density at radius 2 is 1.86 bits per heavy atom. The van der Waals surface area contributed by atoms with Gasteiger partial charge in [0.15, 0.2) is 0 Å². The van der Waals surface area contributed by atoms with Crippen molar-refractivity contribution in [3.63, 3.8) is 0 Å². The van der Waals surface area contributed by atoms with Crippen LogP contribution in [0.3, 0.4) is 0 Å². The normalized spacial score (nSPS) is 17.2. The molecule has 0 saturated carbocycles. The van der Waals surface area contributed by atoms with Crippen LogP contribution in [0.2, 0.25) is 4.34 Å². The van der Waals surface area contributed by atoms with E-state index in [1.165, 1.54) is 17.4 Å². The number of halogens is 3. The highest BCUT2D eigenvalue weighted by atomic mass is 35.5. The van der Waals surface area contributed by atoms with Gasteiger partial charge in [0.1, 0.15) is 5.82 Å². The highest BCUT2D eigenvalue weighted by Crippen LogP contribution is 2.36. The molecule has 1 fully saturated rings. The van der Waals surface area contributed by atoms with Crippen LogP contribution in [0.4, 0.5) is 4.39 Å². The predicted molar refractivity (Wildman–Crippen MR) is 89.3 cm³/mol. The summed E-state index contributed by atoms with van der Waals surface area (Å²) in [7, 11) is 0. The van der Waals surface area contributed by atoms with Gasteiger partial charge in [-0.25, -0.2) is 4.39 Å². The van der Waals surface area contributed by atoms with Gasteiger partial charge >= 0.3 is 0 Å². The second kappa shape index (κ2) is 7.56. The van der Waals surface area contributed by atoms with Crippen molar-refractivity contribution in [3.05, 3.63) is 57.0 Å². The molecule has 2 nitrogen and oxygen atoms in total. The van der Waals surface area contributed by atoms with Gasteiger partial charge in [-0.2, -0.15) is 0 Å². The van der Waals surface area contributed by atoms with Gasteiger partial charge in [-0.3, -0.25) is 4.90 Å². The fourth-order valence-electron chi connectivity index (χ4n) is 2.64. The minimum atomic E-state index is -0.152. The van der Waals surface area contributed by atoms with E-state index in [0.717, 1.165) is 41.0 Å².